The lowest BCUT2D eigenvalue weighted by molar-refractivity contribution is -0.119. The minimum atomic E-state index is -0.0409. The van der Waals surface area contributed by atoms with E-state index in [0.717, 1.165) is 27.5 Å². The van der Waals surface area contributed by atoms with Crippen LogP contribution in [-0.4, -0.2) is 57.7 Å². The monoisotopic (exact) mass is 358 g/mol. The molecule has 25 heavy (non-hydrogen) atoms. The van der Waals surface area contributed by atoms with E-state index in [-0.39, 0.29) is 12.5 Å². The maximum Gasteiger partial charge on any atom is 0.250 e. The largest absolute Gasteiger partial charge is 0.308 e. The molecule has 3 aromatic rings. The second-order valence-electron chi connectivity index (χ2n) is 6.29. The predicted octanol–water partition coefficient (Wildman–Crippen LogP) is 2.10. The van der Waals surface area contributed by atoms with Gasteiger partial charge < -0.3 is 4.90 Å². The highest BCUT2D eigenvalue weighted by molar-refractivity contribution is 7.22. The van der Waals surface area contributed by atoms with Gasteiger partial charge in [0.05, 0.1) is 10.2 Å². The summed E-state index contributed by atoms with van der Waals surface area (Å²) in [5.74, 6) is -0.0409. The Balaban J connectivity index is 1.93. The molecule has 0 spiro atoms. The molecule has 0 saturated carbocycles. The lowest BCUT2D eigenvalue weighted by atomic mass is 10.1. The Morgan fingerprint density at radius 2 is 2.04 bits per heavy atom. The van der Waals surface area contributed by atoms with Crippen LogP contribution in [0.3, 0.4) is 0 Å². The molecule has 2 aromatic heterocycles. The van der Waals surface area contributed by atoms with Crippen LogP contribution in [0.1, 0.15) is 11.1 Å². The zero-order valence-corrected chi connectivity index (χ0v) is 15.7. The van der Waals surface area contributed by atoms with Crippen LogP contribution in [0.25, 0.3) is 10.2 Å². The molecule has 0 atom stereocenters. The molecule has 1 aromatic carbocycles. The fraction of sp³-hybridized carbons (Fsp3) is 0.412. The highest BCUT2D eigenvalue weighted by Gasteiger charge is 2.21. The van der Waals surface area contributed by atoms with Gasteiger partial charge in [-0.1, -0.05) is 17.4 Å². The molecular formula is C17H22N6OS. The van der Waals surface area contributed by atoms with Gasteiger partial charge >= 0.3 is 0 Å². The van der Waals surface area contributed by atoms with Gasteiger partial charge in [0.2, 0.25) is 0 Å². The van der Waals surface area contributed by atoms with Crippen LogP contribution in [0.15, 0.2) is 24.8 Å². The average Bonchev–Trinajstić information content (AvgIpc) is 3.21. The Hall–Kier alpha value is -2.32. The summed E-state index contributed by atoms with van der Waals surface area (Å²) >= 11 is 1.55. The first-order chi connectivity index (χ1) is 12.0. The summed E-state index contributed by atoms with van der Waals surface area (Å²) in [5.41, 5.74) is 3.35. The van der Waals surface area contributed by atoms with Crippen molar-refractivity contribution in [3.05, 3.63) is 35.9 Å². The molecule has 0 aliphatic carbocycles. The summed E-state index contributed by atoms with van der Waals surface area (Å²) in [7, 11) is 3.98. The van der Waals surface area contributed by atoms with Crippen molar-refractivity contribution < 1.29 is 4.79 Å². The van der Waals surface area contributed by atoms with E-state index in [2.05, 4.69) is 41.0 Å². The van der Waals surface area contributed by atoms with Crippen LogP contribution in [-0.2, 0) is 11.3 Å². The standard InChI is InChI=1S/C17H22N6OS/c1-12-5-6-14-16(13(12)2)20-17(25-14)23(8-7-21(3)4)15(24)9-22-11-18-10-19-22/h5-6,10-11H,7-9H2,1-4H3. The van der Waals surface area contributed by atoms with E-state index >= 15 is 0 Å². The van der Waals surface area contributed by atoms with Gasteiger partial charge in [0, 0.05) is 13.1 Å². The van der Waals surface area contributed by atoms with Gasteiger partial charge in [-0.15, -0.1) is 0 Å². The molecule has 0 saturated heterocycles. The first-order valence-electron chi connectivity index (χ1n) is 8.10. The molecule has 7 nitrogen and oxygen atoms in total. The van der Waals surface area contributed by atoms with Crippen molar-refractivity contribution in [2.45, 2.75) is 20.4 Å². The average molecular weight is 358 g/mol. The second kappa shape index (κ2) is 7.28. The van der Waals surface area contributed by atoms with Crippen molar-refractivity contribution in [3.63, 3.8) is 0 Å². The number of carbonyl (C=O) groups excluding carboxylic acids is 1. The van der Waals surface area contributed by atoms with E-state index in [0.29, 0.717) is 6.54 Å². The molecule has 0 unspecified atom stereocenters. The molecule has 0 bridgehead atoms. The second-order valence-corrected chi connectivity index (χ2v) is 7.30. The zero-order valence-electron chi connectivity index (χ0n) is 14.9. The number of rotatable bonds is 6. The number of aromatic nitrogens is 4. The number of nitrogens with zero attached hydrogens (tertiary/aromatic N) is 6. The van der Waals surface area contributed by atoms with Crippen molar-refractivity contribution in [3.8, 4) is 0 Å². The Morgan fingerprint density at radius 3 is 2.72 bits per heavy atom. The maximum absolute atomic E-state index is 12.8. The van der Waals surface area contributed by atoms with E-state index in [9.17, 15) is 4.79 Å². The topological polar surface area (TPSA) is 67.2 Å². The molecule has 0 N–H and O–H groups in total. The molecule has 0 aliphatic rings. The molecule has 0 fully saturated rings. The Morgan fingerprint density at radius 1 is 1.24 bits per heavy atom. The first-order valence-corrected chi connectivity index (χ1v) is 8.91. The number of anilines is 1. The van der Waals surface area contributed by atoms with Gasteiger partial charge in [-0.05, 0) is 45.1 Å². The van der Waals surface area contributed by atoms with E-state index in [1.165, 1.54) is 16.6 Å². The Kier molecular flexibility index (Phi) is 5.10. The highest BCUT2D eigenvalue weighted by atomic mass is 32.1. The highest BCUT2D eigenvalue weighted by Crippen LogP contribution is 2.32. The minimum absolute atomic E-state index is 0.0409. The number of fused-ring (bicyclic) bond motifs is 1. The van der Waals surface area contributed by atoms with E-state index in [4.69, 9.17) is 4.98 Å². The third kappa shape index (κ3) is 3.85. The van der Waals surface area contributed by atoms with Crippen molar-refractivity contribution >= 4 is 32.6 Å². The lowest BCUT2D eigenvalue weighted by Gasteiger charge is -2.21. The number of carbonyl (C=O) groups is 1. The fourth-order valence-electron chi connectivity index (χ4n) is 2.50. The van der Waals surface area contributed by atoms with Crippen molar-refractivity contribution in [1.29, 1.82) is 0 Å². The molecule has 8 heteroatoms. The van der Waals surface area contributed by atoms with Crippen LogP contribution in [0.4, 0.5) is 5.13 Å². The van der Waals surface area contributed by atoms with Crippen molar-refractivity contribution in [1.82, 2.24) is 24.6 Å². The smallest absolute Gasteiger partial charge is 0.250 e. The summed E-state index contributed by atoms with van der Waals surface area (Å²) in [6.45, 7) is 5.65. The number of thiazole rings is 1. The number of amides is 1. The van der Waals surface area contributed by atoms with E-state index in [1.54, 1.807) is 22.6 Å². The molecule has 1 amide bonds. The Bertz CT molecular complexity index is 871. The van der Waals surface area contributed by atoms with Gasteiger partial charge in [-0.25, -0.2) is 14.6 Å². The predicted molar refractivity (Wildman–Crippen MR) is 100 cm³/mol. The van der Waals surface area contributed by atoms with Gasteiger partial charge in [0.1, 0.15) is 19.2 Å². The molecule has 0 aliphatic heterocycles. The number of benzene rings is 1. The summed E-state index contributed by atoms with van der Waals surface area (Å²) in [6, 6.07) is 4.17. The fourth-order valence-corrected chi connectivity index (χ4v) is 3.56. The quantitative estimate of drug-likeness (QED) is 0.675. The van der Waals surface area contributed by atoms with Gasteiger partial charge in [0.25, 0.3) is 5.91 Å². The number of likely N-dealkylation sites (N-methyl/N-ethyl adjacent to an activating group) is 1. The number of hydrogen-bond donors (Lipinski definition) is 0. The third-order valence-electron chi connectivity index (χ3n) is 4.14. The maximum atomic E-state index is 12.8. The summed E-state index contributed by atoms with van der Waals surface area (Å²) in [4.78, 5) is 25.3. The third-order valence-corrected chi connectivity index (χ3v) is 5.18. The van der Waals surface area contributed by atoms with Crippen LogP contribution in [0.5, 0.6) is 0 Å². The van der Waals surface area contributed by atoms with Crippen LogP contribution in [0.2, 0.25) is 0 Å². The van der Waals surface area contributed by atoms with Gasteiger partial charge in [-0.2, -0.15) is 5.10 Å². The zero-order chi connectivity index (χ0) is 18.0. The summed E-state index contributed by atoms with van der Waals surface area (Å²) < 4.78 is 2.63. The Labute approximate surface area is 150 Å². The molecule has 2 heterocycles. The summed E-state index contributed by atoms with van der Waals surface area (Å²) in [5, 5.41) is 4.76. The van der Waals surface area contributed by atoms with Gasteiger partial charge in [-0.3, -0.25) is 9.69 Å². The lowest BCUT2D eigenvalue weighted by Crippen LogP contribution is -2.38. The molecule has 132 valence electrons. The van der Waals surface area contributed by atoms with Crippen LogP contribution in [0, 0.1) is 13.8 Å². The normalized spacial score (nSPS) is 11.4. The SMILES string of the molecule is Cc1ccc2sc(N(CCN(C)C)C(=O)Cn3cncn3)nc2c1C. The van der Waals surface area contributed by atoms with E-state index in [1.807, 2.05) is 14.1 Å². The number of aryl methyl sites for hydroxylation is 2. The minimum Gasteiger partial charge on any atom is -0.308 e. The number of hydrogen-bond acceptors (Lipinski definition) is 6. The molecule has 0 radical (unpaired) electrons. The van der Waals surface area contributed by atoms with Crippen molar-refractivity contribution in [2.24, 2.45) is 0 Å². The van der Waals surface area contributed by atoms with Crippen molar-refractivity contribution in [2.75, 3.05) is 32.1 Å². The van der Waals surface area contributed by atoms with E-state index < -0.39 is 0 Å². The first kappa shape index (κ1) is 17.5. The van der Waals surface area contributed by atoms with Crippen LogP contribution < -0.4 is 4.90 Å². The molecule has 3 rings (SSSR count). The van der Waals surface area contributed by atoms with Gasteiger partial charge in [0.15, 0.2) is 5.13 Å². The molecular weight excluding hydrogens is 336 g/mol. The van der Waals surface area contributed by atoms with Crippen LogP contribution >= 0.6 is 11.3 Å². The summed E-state index contributed by atoms with van der Waals surface area (Å²) in [6.07, 6.45) is 2.98.